The first kappa shape index (κ1) is 19.6. The first-order valence-electron chi connectivity index (χ1n) is 9.62. The van der Waals surface area contributed by atoms with Gasteiger partial charge in [-0.3, -0.25) is 14.5 Å². The highest BCUT2D eigenvalue weighted by Crippen LogP contribution is 2.40. The Hall–Kier alpha value is -2.67. The lowest BCUT2D eigenvalue weighted by molar-refractivity contribution is -0.128. The fraction of sp³-hybridized carbons (Fsp3) is 0.318. The van der Waals surface area contributed by atoms with Crippen molar-refractivity contribution in [2.45, 2.75) is 44.4 Å². The van der Waals surface area contributed by atoms with Crippen LogP contribution in [0.25, 0.3) is 0 Å². The van der Waals surface area contributed by atoms with E-state index in [0.29, 0.717) is 10.9 Å². The van der Waals surface area contributed by atoms with Crippen molar-refractivity contribution in [2.24, 2.45) is 4.99 Å². The van der Waals surface area contributed by atoms with Gasteiger partial charge in [0, 0.05) is 18.2 Å². The molecule has 1 saturated carbocycles. The first-order chi connectivity index (χ1) is 13.9. The molecule has 1 aliphatic heterocycles. The van der Waals surface area contributed by atoms with Crippen molar-refractivity contribution in [1.82, 2.24) is 4.90 Å². The number of thioether (sulfide) groups is 1. The number of amidine groups is 1. The third-order valence-corrected chi connectivity index (χ3v) is 6.32. The lowest BCUT2D eigenvalue weighted by atomic mass is 10.1. The van der Waals surface area contributed by atoms with Gasteiger partial charge in [0.15, 0.2) is 5.17 Å². The maximum Gasteiger partial charge on any atom is 0.242 e. The van der Waals surface area contributed by atoms with Crippen molar-refractivity contribution in [3.63, 3.8) is 0 Å². The summed E-state index contributed by atoms with van der Waals surface area (Å²) >= 11 is 1.35. The van der Waals surface area contributed by atoms with E-state index in [1.165, 1.54) is 36.0 Å². The molecule has 0 unspecified atom stereocenters. The van der Waals surface area contributed by atoms with Crippen LogP contribution in [0, 0.1) is 19.7 Å². The average molecular weight is 412 g/mol. The number of halogens is 1. The van der Waals surface area contributed by atoms with Crippen LogP contribution in [0.3, 0.4) is 0 Å². The van der Waals surface area contributed by atoms with Gasteiger partial charge in [-0.15, -0.1) is 0 Å². The molecule has 0 bridgehead atoms. The van der Waals surface area contributed by atoms with E-state index in [-0.39, 0.29) is 30.1 Å². The molecule has 29 heavy (non-hydrogen) atoms. The number of carbonyl (C=O) groups excluding carboxylic acids is 2. The molecule has 2 fully saturated rings. The van der Waals surface area contributed by atoms with Crippen LogP contribution in [0.4, 0.5) is 15.8 Å². The van der Waals surface area contributed by atoms with Crippen LogP contribution >= 0.6 is 11.8 Å². The minimum absolute atomic E-state index is 0.0515. The second-order valence-corrected chi connectivity index (χ2v) is 8.59. The number of aliphatic imine (C=N–C) groups is 1. The van der Waals surface area contributed by atoms with Crippen LogP contribution < -0.4 is 5.32 Å². The Labute approximate surface area is 173 Å². The molecule has 1 saturated heterocycles. The molecule has 5 nitrogen and oxygen atoms in total. The van der Waals surface area contributed by atoms with Gasteiger partial charge >= 0.3 is 0 Å². The molecule has 2 aliphatic rings. The Kier molecular flexibility index (Phi) is 5.41. The highest BCUT2D eigenvalue weighted by Gasteiger charge is 2.46. The highest BCUT2D eigenvalue weighted by molar-refractivity contribution is 8.15. The highest BCUT2D eigenvalue weighted by atomic mass is 32.2. The third-order valence-electron chi connectivity index (χ3n) is 5.17. The Morgan fingerprint density at radius 2 is 1.93 bits per heavy atom. The molecular formula is C22H22FN3O2S. The molecule has 1 heterocycles. The van der Waals surface area contributed by atoms with E-state index in [9.17, 15) is 14.0 Å². The van der Waals surface area contributed by atoms with E-state index >= 15 is 0 Å². The molecule has 2 amide bonds. The molecule has 1 aliphatic carbocycles. The van der Waals surface area contributed by atoms with Crippen LogP contribution in [-0.2, 0) is 9.59 Å². The molecule has 0 radical (unpaired) electrons. The molecule has 0 spiro atoms. The number of anilines is 1. The summed E-state index contributed by atoms with van der Waals surface area (Å²) in [6.07, 6.45) is 1.98. The SMILES string of the molecule is Cc1cccc(N=C2S[C@H](CC(=O)Nc3ccc(F)cc3)C(=O)N2C2CC2)c1C. The minimum Gasteiger partial charge on any atom is -0.326 e. The van der Waals surface area contributed by atoms with Gasteiger partial charge < -0.3 is 5.32 Å². The lowest BCUT2D eigenvalue weighted by Crippen LogP contribution is -2.35. The number of hydrogen-bond acceptors (Lipinski definition) is 4. The van der Waals surface area contributed by atoms with Gasteiger partial charge in [-0.1, -0.05) is 23.9 Å². The number of nitrogens with one attached hydrogen (secondary N) is 1. The standard InChI is InChI=1S/C22H22FN3O2S/c1-13-4-3-5-18(14(13)2)25-22-26(17-10-11-17)21(28)19(29-22)12-20(27)24-16-8-6-15(23)7-9-16/h3-9,17,19H,10-12H2,1-2H3,(H,24,27)/t19-/m1/s1. The number of amides is 2. The van der Waals surface area contributed by atoms with E-state index in [1.54, 1.807) is 4.90 Å². The number of hydrogen-bond donors (Lipinski definition) is 1. The van der Waals surface area contributed by atoms with E-state index in [0.717, 1.165) is 29.7 Å². The number of benzene rings is 2. The summed E-state index contributed by atoms with van der Waals surface area (Å²) < 4.78 is 13.0. The molecule has 2 aromatic rings. The Balaban J connectivity index is 1.51. The largest absolute Gasteiger partial charge is 0.326 e. The number of carbonyl (C=O) groups is 2. The Morgan fingerprint density at radius 3 is 2.62 bits per heavy atom. The van der Waals surface area contributed by atoms with Gasteiger partial charge in [0.05, 0.1) is 5.69 Å². The second-order valence-electron chi connectivity index (χ2n) is 7.42. The first-order valence-corrected chi connectivity index (χ1v) is 10.5. The zero-order chi connectivity index (χ0) is 20.5. The topological polar surface area (TPSA) is 61.8 Å². The van der Waals surface area contributed by atoms with E-state index in [2.05, 4.69) is 5.32 Å². The number of rotatable bonds is 5. The second kappa shape index (κ2) is 7.99. The molecule has 0 aromatic heterocycles. The van der Waals surface area contributed by atoms with Crippen molar-refractivity contribution >= 4 is 40.1 Å². The van der Waals surface area contributed by atoms with E-state index < -0.39 is 5.25 Å². The maximum atomic E-state index is 13.0. The Bertz CT molecular complexity index is 986. The van der Waals surface area contributed by atoms with Gasteiger partial charge in [0.2, 0.25) is 11.8 Å². The van der Waals surface area contributed by atoms with Gasteiger partial charge in [0.1, 0.15) is 11.1 Å². The Morgan fingerprint density at radius 1 is 1.21 bits per heavy atom. The van der Waals surface area contributed by atoms with E-state index in [1.807, 2.05) is 32.0 Å². The van der Waals surface area contributed by atoms with Gasteiger partial charge in [-0.25, -0.2) is 9.38 Å². The molecular weight excluding hydrogens is 389 g/mol. The minimum atomic E-state index is -0.500. The summed E-state index contributed by atoms with van der Waals surface area (Å²) in [6.45, 7) is 4.05. The molecule has 7 heteroatoms. The predicted molar refractivity (Wildman–Crippen MR) is 114 cm³/mol. The zero-order valence-electron chi connectivity index (χ0n) is 16.3. The fourth-order valence-corrected chi connectivity index (χ4v) is 4.44. The fourth-order valence-electron chi connectivity index (χ4n) is 3.24. The summed E-state index contributed by atoms with van der Waals surface area (Å²) in [4.78, 5) is 31.9. The quantitative estimate of drug-likeness (QED) is 0.784. The predicted octanol–water partition coefficient (Wildman–Crippen LogP) is 4.57. The van der Waals surface area contributed by atoms with Crippen LogP contribution in [0.1, 0.15) is 30.4 Å². The van der Waals surface area contributed by atoms with E-state index in [4.69, 9.17) is 4.99 Å². The molecule has 1 atom stereocenters. The summed E-state index contributed by atoms with van der Waals surface area (Å²) in [5.74, 6) is -0.695. The van der Waals surface area contributed by atoms with Crippen molar-refractivity contribution in [1.29, 1.82) is 0 Å². The summed E-state index contributed by atoms with van der Waals surface area (Å²) in [5.41, 5.74) is 3.59. The molecule has 2 aromatic carbocycles. The average Bonchev–Trinajstić information content (AvgIpc) is 3.47. The monoisotopic (exact) mass is 411 g/mol. The van der Waals surface area contributed by atoms with Crippen molar-refractivity contribution in [3.05, 3.63) is 59.4 Å². The lowest BCUT2D eigenvalue weighted by Gasteiger charge is -2.15. The van der Waals surface area contributed by atoms with Crippen LogP contribution in [0.2, 0.25) is 0 Å². The third kappa shape index (κ3) is 4.34. The van der Waals surface area contributed by atoms with Crippen LogP contribution in [0.5, 0.6) is 0 Å². The summed E-state index contributed by atoms with van der Waals surface area (Å²) in [6, 6.07) is 11.7. The van der Waals surface area contributed by atoms with Gasteiger partial charge in [0.25, 0.3) is 0 Å². The molecule has 1 N–H and O–H groups in total. The van der Waals surface area contributed by atoms with Crippen LogP contribution in [-0.4, -0.2) is 33.2 Å². The maximum absolute atomic E-state index is 13.0. The zero-order valence-corrected chi connectivity index (χ0v) is 17.1. The molecule has 150 valence electrons. The summed E-state index contributed by atoms with van der Waals surface area (Å²) in [7, 11) is 0. The van der Waals surface area contributed by atoms with Gasteiger partial charge in [-0.05, 0) is 68.1 Å². The van der Waals surface area contributed by atoms with Crippen molar-refractivity contribution in [2.75, 3.05) is 5.32 Å². The molecule has 4 rings (SSSR count). The van der Waals surface area contributed by atoms with Crippen molar-refractivity contribution < 1.29 is 14.0 Å². The normalized spacial score (nSPS) is 20.4. The smallest absolute Gasteiger partial charge is 0.242 e. The van der Waals surface area contributed by atoms with Crippen molar-refractivity contribution in [3.8, 4) is 0 Å². The number of nitrogens with zero attached hydrogens (tertiary/aromatic N) is 2. The van der Waals surface area contributed by atoms with Gasteiger partial charge in [-0.2, -0.15) is 0 Å². The number of aryl methyl sites for hydroxylation is 1. The van der Waals surface area contributed by atoms with Crippen LogP contribution in [0.15, 0.2) is 47.5 Å². The summed E-state index contributed by atoms with van der Waals surface area (Å²) in [5, 5.41) is 2.90.